The first-order valence-corrected chi connectivity index (χ1v) is 14.3. The molecule has 6 nitrogen and oxygen atoms in total. The fraction of sp³-hybridized carbons (Fsp3) is 0.424. The van der Waals surface area contributed by atoms with Crippen LogP contribution in [0.3, 0.4) is 0 Å². The van der Waals surface area contributed by atoms with Gasteiger partial charge in [0.1, 0.15) is 23.4 Å². The lowest BCUT2D eigenvalue weighted by molar-refractivity contribution is -0.141. The van der Waals surface area contributed by atoms with E-state index in [1.807, 2.05) is 24.3 Å². The Bertz CT molecular complexity index is 1440. The molecule has 3 aromatic rings. The molecule has 0 bridgehead atoms. The van der Waals surface area contributed by atoms with E-state index in [0.29, 0.717) is 19.6 Å². The van der Waals surface area contributed by atoms with Crippen LogP contribution in [-0.4, -0.2) is 39.5 Å². The van der Waals surface area contributed by atoms with Crippen LogP contribution in [0.4, 0.5) is 0 Å². The summed E-state index contributed by atoms with van der Waals surface area (Å²) in [6, 6.07) is 14.2. The zero-order valence-corrected chi connectivity index (χ0v) is 24.2. The second-order valence-corrected chi connectivity index (χ2v) is 12.1. The molecule has 1 fully saturated rings. The van der Waals surface area contributed by atoms with Crippen LogP contribution in [0, 0.1) is 19.3 Å². The first kappa shape index (κ1) is 27.0. The second-order valence-electron chi connectivity index (χ2n) is 11.6. The Balaban J connectivity index is 1.23. The number of ether oxygens (including phenoxy) is 5. The van der Waals surface area contributed by atoms with E-state index >= 15 is 0 Å². The summed E-state index contributed by atoms with van der Waals surface area (Å²) in [4.78, 5) is 11.8. The SMILES string of the molecule is COC(=O)CC1COc2cc(O[C@@H]3CCc4c3ccc(Cl)c4-c3c(C)cc(OCC4(C)COC4)cc3C)ccc21. The van der Waals surface area contributed by atoms with Gasteiger partial charge in [-0.2, -0.15) is 0 Å². The second kappa shape index (κ2) is 10.6. The molecule has 2 heterocycles. The maximum atomic E-state index is 11.8. The number of fused-ring (bicyclic) bond motifs is 2. The Morgan fingerprint density at radius 1 is 1.02 bits per heavy atom. The van der Waals surface area contributed by atoms with E-state index in [2.05, 4.69) is 39.0 Å². The minimum Gasteiger partial charge on any atom is -0.493 e. The summed E-state index contributed by atoms with van der Waals surface area (Å²) < 4.78 is 28.8. The van der Waals surface area contributed by atoms with Crippen molar-refractivity contribution in [1.82, 2.24) is 0 Å². The number of aryl methyl sites for hydroxylation is 2. The third kappa shape index (κ3) is 5.04. The monoisotopic (exact) mass is 562 g/mol. The molecule has 0 radical (unpaired) electrons. The van der Waals surface area contributed by atoms with Crippen molar-refractivity contribution in [2.75, 3.05) is 33.5 Å². The van der Waals surface area contributed by atoms with E-state index in [9.17, 15) is 4.79 Å². The number of methoxy groups -OCH3 is 1. The molecule has 6 rings (SSSR count). The molecular formula is C33H35ClO6. The van der Waals surface area contributed by atoms with Crippen molar-refractivity contribution in [2.45, 2.75) is 52.1 Å². The normalized spacial score (nSPS) is 20.2. The molecular weight excluding hydrogens is 528 g/mol. The molecule has 210 valence electrons. The van der Waals surface area contributed by atoms with Crippen molar-refractivity contribution in [2.24, 2.45) is 5.41 Å². The number of halogens is 1. The van der Waals surface area contributed by atoms with Gasteiger partial charge in [-0.1, -0.05) is 30.7 Å². The minimum absolute atomic E-state index is 0.00647. The predicted octanol–water partition coefficient (Wildman–Crippen LogP) is 7.14. The van der Waals surface area contributed by atoms with Crippen LogP contribution in [0.5, 0.6) is 17.2 Å². The predicted molar refractivity (Wildman–Crippen MR) is 154 cm³/mol. The van der Waals surface area contributed by atoms with Gasteiger partial charge in [0.2, 0.25) is 0 Å². The van der Waals surface area contributed by atoms with E-state index in [4.69, 9.17) is 35.3 Å². The lowest BCUT2D eigenvalue weighted by atomic mass is 9.89. The quantitative estimate of drug-likeness (QED) is 0.272. The molecule has 0 amide bonds. The Labute approximate surface area is 240 Å². The summed E-state index contributed by atoms with van der Waals surface area (Å²) in [6.07, 6.45) is 1.98. The highest BCUT2D eigenvalue weighted by Crippen LogP contribution is 2.46. The third-order valence-electron chi connectivity index (χ3n) is 8.33. The number of hydrogen-bond acceptors (Lipinski definition) is 6. The van der Waals surface area contributed by atoms with Gasteiger partial charge in [-0.15, -0.1) is 0 Å². The van der Waals surface area contributed by atoms with Crippen molar-refractivity contribution in [3.63, 3.8) is 0 Å². The number of hydrogen-bond donors (Lipinski definition) is 0. The van der Waals surface area contributed by atoms with E-state index in [1.165, 1.54) is 18.2 Å². The average molecular weight is 563 g/mol. The summed E-state index contributed by atoms with van der Waals surface area (Å²) in [5, 5.41) is 0.751. The van der Waals surface area contributed by atoms with Gasteiger partial charge in [-0.25, -0.2) is 0 Å². The van der Waals surface area contributed by atoms with Crippen molar-refractivity contribution >= 4 is 17.6 Å². The highest BCUT2D eigenvalue weighted by molar-refractivity contribution is 6.33. The molecule has 0 N–H and O–H groups in total. The number of rotatable bonds is 8. The summed E-state index contributed by atoms with van der Waals surface area (Å²) in [5.41, 5.74) is 8.06. The van der Waals surface area contributed by atoms with Gasteiger partial charge in [0.05, 0.1) is 40.0 Å². The fourth-order valence-electron chi connectivity index (χ4n) is 6.17. The molecule has 2 aliphatic heterocycles. The summed E-state index contributed by atoms with van der Waals surface area (Å²) >= 11 is 6.87. The van der Waals surface area contributed by atoms with Gasteiger partial charge in [-0.3, -0.25) is 4.79 Å². The zero-order valence-electron chi connectivity index (χ0n) is 23.5. The van der Waals surface area contributed by atoms with Crippen LogP contribution in [0.1, 0.15) is 59.6 Å². The Morgan fingerprint density at radius 3 is 2.48 bits per heavy atom. The van der Waals surface area contributed by atoms with Crippen LogP contribution in [0.15, 0.2) is 42.5 Å². The fourth-order valence-corrected chi connectivity index (χ4v) is 6.44. The first-order chi connectivity index (χ1) is 19.2. The maximum absolute atomic E-state index is 11.8. The summed E-state index contributed by atoms with van der Waals surface area (Å²) in [6.45, 7) is 9.04. The van der Waals surface area contributed by atoms with Crippen LogP contribution in [0.25, 0.3) is 11.1 Å². The van der Waals surface area contributed by atoms with Crippen molar-refractivity contribution in [3.8, 4) is 28.4 Å². The average Bonchev–Trinajstić information content (AvgIpc) is 3.50. The minimum atomic E-state index is -0.232. The van der Waals surface area contributed by atoms with Gasteiger partial charge in [0.25, 0.3) is 0 Å². The number of esters is 1. The summed E-state index contributed by atoms with van der Waals surface area (Å²) in [7, 11) is 1.41. The maximum Gasteiger partial charge on any atom is 0.306 e. The lowest BCUT2D eigenvalue weighted by Gasteiger charge is -2.37. The van der Waals surface area contributed by atoms with Crippen molar-refractivity contribution < 1.29 is 28.5 Å². The van der Waals surface area contributed by atoms with E-state index < -0.39 is 0 Å². The zero-order chi connectivity index (χ0) is 28.0. The van der Waals surface area contributed by atoms with Crippen LogP contribution < -0.4 is 14.2 Å². The van der Waals surface area contributed by atoms with Crippen LogP contribution >= 0.6 is 11.6 Å². The van der Waals surface area contributed by atoms with Gasteiger partial charge in [0.15, 0.2) is 0 Å². The molecule has 2 atom stereocenters. The molecule has 1 aliphatic carbocycles. The third-order valence-corrected chi connectivity index (χ3v) is 8.65. The van der Waals surface area contributed by atoms with Crippen LogP contribution in [-0.2, 0) is 20.7 Å². The number of carbonyl (C=O) groups excluding carboxylic acids is 1. The molecule has 7 heteroatoms. The van der Waals surface area contributed by atoms with Crippen molar-refractivity contribution in [1.29, 1.82) is 0 Å². The van der Waals surface area contributed by atoms with Crippen molar-refractivity contribution in [3.05, 3.63) is 75.3 Å². The largest absolute Gasteiger partial charge is 0.493 e. The molecule has 1 unspecified atom stereocenters. The summed E-state index contributed by atoms with van der Waals surface area (Å²) in [5.74, 6) is 2.18. The molecule has 40 heavy (non-hydrogen) atoms. The first-order valence-electron chi connectivity index (χ1n) is 13.9. The highest BCUT2D eigenvalue weighted by Gasteiger charge is 2.35. The standard InChI is InChI=1S/C33H35ClO6/c1-19-11-23(39-18-33(3)16-37-17-33)12-20(2)31(19)32-26-8-10-28(25(26)7-9-27(32)34)40-22-5-6-24-21(13-30(35)36-4)15-38-29(24)14-22/h5-7,9,11-12,14,21,28H,8,10,13,15-18H2,1-4H3/t21?,28-/m1/s1. The van der Waals surface area contributed by atoms with Gasteiger partial charge >= 0.3 is 5.97 Å². The smallest absolute Gasteiger partial charge is 0.306 e. The highest BCUT2D eigenvalue weighted by atomic mass is 35.5. The lowest BCUT2D eigenvalue weighted by Crippen LogP contribution is -2.44. The molecule has 0 spiro atoms. The van der Waals surface area contributed by atoms with E-state index in [1.54, 1.807) is 0 Å². The Hall–Kier alpha value is -3.22. The number of carbonyl (C=O) groups is 1. The van der Waals surface area contributed by atoms with Gasteiger partial charge < -0.3 is 23.7 Å². The Morgan fingerprint density at radius 2 is 1.77 bits per heavy atom. The van der Waals surface area contributed by atoms with Gasteiger partial charge in [0, 0.05) is 33.5 Å². The molecule has 0 aromatic heterocycles. The van der Waals surface area contributed by atoms with E-state index in [0.717, 1.165) is 76.1 Å². The molecule has 1 saturated heterocycles. The number of benzene rings is 3. The Kier molecular flexibility index (Phi) is 7.18. The molecule has 3 aromatic carbocycles. The topological polar surface area (TPSA) is 63.2 Å². The molecule has 0 saturated carbocycles. The van der Waals surface area contributed by atoms with E-state index in [-0.39, 0.29) is 23.4 Å². The van der Waals surface area contributed by atoms with Gasteiger partial charge in [-0.05, 0) is 78.8 Å². The van der Waals surface area contributed by atoms with Crippen LogP contribution in [0.2, 0.25) is 5.02 Å². The molecule has 3 aliphatic rings.